The van der Waals surface area contributed by atoms with Gasteiger partial charge in [-0.3, -0.25) is 4.79 Å². The lowest BCUT2D eigenvalue weighted by Crippen LogP contribution is -2.30. The van der Waals surface area contributed by atoms with E-state index in [0.717, 1.165) is 0 Å². The molecule has 0 saturated heterocycles. The minimum atomic E-state index is -1.91. The highest BCUT2D eigenvalue weighted by molar-refractivity contribution is 7.60. The number of carbonyl (C=O) groups excluding carboxylic acids is 1. The molecule has 2 unspecified atom stereocenters. The van der Waals surface area contributed by atoms with E-state index in [1.165, 1.54) is 0 Å². The molecule has 5 nitrogen and oxygen atoms in total. The Morgan fingerprint density at radius 2 is 2.27 bits per heavy atom. The molecule has 0 heterocycles. The molecule has 0 aliphatic heterocycles. The third-order valence-corrected chi connectivity index (χ3v) is 2.03. The van der Waals surface area contributed by atoms with E-state index in [2.05, 4.69) is 0 Å². The lowest BCUT2D eigenvalue weighted by atomic mass is 10.2. The largest absolute Gasteiger partial charge is 0.480 e. The van der Waals surface area contributed by atoms with Crippen LogP contribution >= 0.6 is 7.80 Å². The van der Waals surface area contributed by atoms with Gasteiger partial charge >= 0.3 is 19.8 Å². The molecular weight excluding hydrogens is 169 g/mol. The third-order valence-electron chi connectivity index (χ3n) is 1.10. The summed E-state index contributed by atoms with van der Waals surface area (Å²) in [4.78, 5) is 19.9. The first-order valence-electron chi connectivity index (χ1n) is 2.95. The summed E-state index contributed by atoms with van der Waals surface area (Å²) in [6.45, 7) is 0. The zero-order valence-electron chi connectivity index (χ0n) is 5.77. The topological polar surface area (TPSA) is 97.5 Å². The highest BCUT2D eigenvalue weighted by Gasteiger charge is 2.19. The molecule has 0 spiro atoms. The molecule has 0 fully saturated rings. The average molecular weight is 178 g/mol. The van der Waals surface area contributed by atoms with Crippen molar-refractivity contribution in [1.29, 1.82) is 0 Å². The Balaban J connectivity index is 3.62. The molecule has 0 aliphatic rings. The number of carbonyl (C=O) groups is 2. The lowest BCUT2D eigenvalue weighted by molar-refractivity contribution is -0.138. The van der Waals surface area contributed by atoms with Crippen LogP contribution in [0.3, 0.4) is 0 Å². The van der Waals surface area contributed by atoms with E-state index in [4.69, 9.17) is 10.8 Å². The molecule has 11 heavy (non-hydrogen) atoms. The number of hydrogen-bond donors (Lipinski definition) is 2. The predicted octanol–water partition coefficient (Wildman–Crippen LogP) is -0.194. The van der Waals surface area contributed by atoms with Crippen molar-refractivity contribution in [2.24, 2.45) is 5.73 Å². The van der Waals surface area contributed by atoms with Crippen LogP contribution < -0.4 is 5.73 Å². The zero-order chi connectivity index (χ0) is 8.85. The molecule has 62 valence electrons. The van der Waals surface area contributed by atoms with Gasteiger partial charge in [0.1, 0.15) is 6.04 Å². The minimum Gasteiger partial charge on any atom is -0.480 e. The fraction of sp³-hybridized carbons (Fsp3) is 0.600. The molecular formula is C5H9NO4P+. The summed E-state index contributed by atoms with van der Waals surface area (Å²) in [6, 6.07) is -0.710. The molecule has 6 heteroatoms. The Hall–Kier alpha value is -0.800. The van der Waals surface area contributed by atoms with E-state index in [1.807, 2.05) is 0 Å². The highest BCUT2D eigenvalue weighted by atomic mass is 31.1. The van der Waals surface area contributed by atoms with Crippen LogP contribution in [0.1, 0.15) is 6.42 Å². The van der Waals surface area contributed by atoms with Crippen molar-refractivity contribution in [1.82, 2.24) is 0 Å². The lowest BCUT2D eigenvalue weighted by Gasteiger charge is -1.98. The van der Waals surface area contributed by atoms with Gasteiger partial charge < -0.3 is 10.8 Å². The number of nitrogens with two attached hydrogens (primary N) is 1. The van der Waals surface area contributed by atoms with Crippen LogP contribution in [-0.4, -0.2) is 29.3 Å². The van der Waals surface area contributed by atoms with Crippen molar-refractivity contribution in [3.8, 4) is 0 Å². The van der Waals surface area contributed by atoms with E-state index < -0.39 is 19.8 Å². The van der Waals surface area contributed by atoms with Crippen LogP contribution in [0.4, 0.5) is 0 Å². The molecule has 0 aromatic carbocycles. The summed E-state index contributed by atoms with van der Waals surface area (Å²) in [5, 5.41) is 8.26. The molecule has 0 saturated carbocycles. The van der Waals surface area contributed by atoms with Gasteiger partial charge in [-0.15, -0.1) is 0 Å². The van der Waals surface area contributed by atoms with Gasteiger partial charge in [0.15, 0.2) is 6.16 Å². The molecule has 0 rings (SSSR count). The minimum absolute atomic E-state index is 0.0479. The van der Waals surface area contributed by atoms with Gasteiger partial charge in [0.05, 0.1) is 0 Å². The van der Waals surface area contributed by atoms with E-state index >= 15 is 0 Å². The van der Waals surface area contributed by atoms with Crippen LogP contribution in [0, 0.1) is 0 Å². The van der Waals surface area contributed by atoms with E-state index in [9.17, 15) is 14.2 Å². The monoisotopic (exact) mass is 178 g/mol. The second kappa shape index (κ2) is 4.93. The molecule has 0 amide bonds. The van der Waals surface area contributed by atoms with E-state index in [-0.39, 0.29) is 12.6 Å². The van der Waals surface area contributed by atoms with Crippen LogP contribution in [0.15, 0.2) is 0 Å². The molecule has 2 atom stereocenters. The van der Waals surface area contributed by atoms with Crippen molar-refractivity contribution < 1.29 is 19.3 Å². The summed E-state index contributed by atoms with van der Waals surface area (Å²) in [7, 11) is -1.91. The van der Waals surface area contributed by atoms with Gasteiger partial charge in [-0.1, -0.05) is 4.57 Å². The molecule has 3 N–H and O–H groups in total. The molecule has 0 aromatic heterocycles. The smallest absolute Gasteiger partial charge is 0.411 e. The standard InChI is InChI=1S/C5H8NO4P/c6-4(5(8)9)1-2-11(10)3-7/h3-4H,1-2,6H2/p+1. The SMILES string of the molecule is NC(CC[P+](=O)C=O)C(=O)O. The Morgan fingerprint density at radius 3 is 2.64 bits per heavy atom. The van der Waals surface area contributed by atoms with Gasteiger partial charge in [0.2, 0.25) is 0 Å². The number of rotatable bonds is 5. The first-order valence-corrected chi connectivity index (χ1v) is 4.46. The number of carboxylic acids is 1. The van der Waals surface area contributed by atoms with Gasteiger partial charge in [-0.25, -0.2) is 4.79 Å². The Bertz CT molecular complexity index is 181. The normalized spacial score (nSPS) is 13.7. The molecule has 0 aromatic rings. The third kappa shape index (κ3) is 4.58. The number of aliphatic carboxylic acids is 1. The molecule has 0 radical (unpaired) electrons. The summed E-state index contributed by atoms with van der Waals surface area (Å²) in [5.74, 6) is -1.14. The van der Waals surface area contributed by atoms with Crippen molar-refractivity contribution in [3.63, 3.8) is 0 Å². The summed E-state index contributed by atoms with van der Waals surface area (Å²) < 4.78 is 10.5. The first kappa shape index (κ1) is 10.2. The quantitative estimate of drug-likeness (QED) is 0.449. The van der Waals surface area contributed by atoms with E-state index in [1.54, 1.807) is 0 Å². The molecule has 0 aliphatic carbocycles. The van der Waals surface area contributed by atoms with Gasteiger partial charge in [0.25, 0.3) is 0 Å². The van der Waals surface area contributed by atoms with Gasteiger partial charge in [-0.05, 0) is 0 Å². The number of carboxylic acid groups (broad SMARTS) is 1. The summed E-state index contributed by atoms with van der Waals surface area (Å²) in [5.41, 5.74) is 5.08. The second-order valence-corrected chi connectivity index (χ2v) is 3.47. The maximum absolute atomic E-state index is 10.5. The Labute approximate surface area is 64.4 Å². The van der Waals surface area contributed by atoms with Gasteiger partial charge in [0, 0.05) is 6.42 Å². The maximum atomic E-state index is 10.5. The number of hydrogen-bond acceptors (Lipinski definition) is 4. The fourth-order valence-corrected chi connectivity index (χ4v) is 1.08. The van der Waals surface area contributed by atoms with Crippen molar-refractivity contribution >= 4 is 19.8 Å². The van der Waals surface area contributed by atoms with Crippen LogP contribution in [0.2, 0.25) is 0 Å². The molecule has 0 bridgehead atoms. The first-order chi connectivity index (χ1) is 5.07. The van der Waals surface area contributed by atoms with Crippen LogP contribution in [-0.2, 0) is 14.2 Å². The van der Waals surface area contributed by atoms with Gasteiger partial charge in [-0.2, -0.15) is 0 Å². The summed E-state index contributed by atoms with van der Waals surface area (Å²) >= 11 is 0. The maximum Gasteiger partial charge on any atom is 0.411 e. The average Bonchev–Trinajstić information content (AvgIpc) is 1.99. The fourth-order valence-electron chi connectivity index (χ4n) is 0.443. The second-order valence-electron chi connectivity index (χ2n) is 1.98. The zero-order valence-corrected chi connectivity index (χ0v) is 6.66. The van der Waals surface area contributed by atoms with Crippen LogP contribution in [0.25, 0.3) is 0 Å². The van der Waals surface area contributed by atoms with E-state index in [0.29, 0.717) is 6.03 Å². The van der Waals surface area contributed by atoms with Crippen molar-refractivity contribution in [2.75, 3.05) is 6.16 Å². The van der Waals surface area contributed by atoms with Crippen molar-refractivity contribution in [2.45, 2.75) is 12.5 Å². The Morgan fingerprint density at radius 1 is 1.73 bits per heavy atom. The predicted molar refractivity (Wildman–Crippen MR) is 39.5 cm³/mol. The Kier molecular flexibility index (Phi) is 4.57. The van der Waals surface area contributed by atoms with Crippen molar-refractivity contribution in [3.05, 3.63) is 0 Å². The van der Waals surface area contributed by atoms with Crippen LogP contribution in [0.5, 0.6) is 0 Å². The summed E-state index contributed by atoms with van der Waals surface area (Å²) in [6.07, 6.45) is 0.121. The highest BCUT2D eigenvalue weighted by Crippen LogP contribution is 2.16.